The van der Waals surface area contributed by atoms with Gasteiger partial charge in [0.05, 0.1) is 0 Å². The molecule has 1 atom stereocenters. The van der Waals surface area contributed by atoms with Gasteiger partial charge >= 0.3 is 0 Å². The average Bonchev–Trinajstić information content (AvgIpc) is 2.69. The van der Waals surface area contributed by atoms with Crippen LogP contribution in [0, 0.1) is 0 Å². The van der Waals surface area contributed by atoms with Crippen LogP contribution in [-0.4, -0.2) is 29.1 Å². The zero-order valence-electron chi connectivity index (χ0n) is 9.32. The lowest BCUT2D eigenvalue weighted by Gasteiger charge is -2.22. The highest BCUT2D eigenvalue weighted by atomic mass is 16.3. The molecule has 0 saturated carbocycles. The fraction of sp³-hybridized carbons (Fsp3) is 0.538. The van der Waals surface area contributed by atoms with E-state index in [9.17, 15) is 5.11 Å². The summed E-state index contributed by atoms with van der Waals surface area (Å²) >= 11 is 0. The summed E-state index contributed by atoms with van der Waals surface area (Å²) < 4.78 is 0. The monoisotopic (exact) mass is 205 g/mol. The van der Waals surface area contributed by atoms with Crippen molar-refractivity contribution in [2.45, 2.75) is 32.2 Å². The van der Waals surface area contributed by atoms with Crippen LogP contribution in [0.5, 0.6) is 5.75 Å². The highest BCUT2D eigenvalue weighted by Gasteiger charge is 2.22. The third kappa shape index (κ3) is 2.51. The van der Waals surface area contributed by atoms with E-state index in [0.29, 0.717) is 11.8 Å². The quantitative estimate of drug-likeness (QED) is 0.819. The van der Waals surface area contributed by atoms with E-state index >= 15 is 0 Å². The molecule has 1 unspecified atom stereocenters. The molecule has 0 amide bonds. The van der Waals surface area contributed by atoms with Crippen molar-refractivity contribution in [2.24, 2.45) is 0 Å². The average molecular weight is 205 g/mol. The number of benzene rings is 1. The molecule has 1 aromatic carbocycles. The summed E-state index contributed by atoms with van der Waals surface area (Å²) in [5.74, 6) is 0.359. The Morgan fingerprint density at radius 1 is 1.33 bits per heavy atom. The first-order valence-electron chi connectivity index (χ1n) is 5.81. The SMILES string of the molecule is CCN1CCCC1Cc1ccc(O)cc1. The van der Waals surface area contributed by atoms with Gasteiger partial charge in [0.15, 0.2) is 0 Å². The van der Waals surface area contributed by atoms with Gasteiger partial charge in [0.1, 0.15) is 5.75 Å². The van der Waals surface area contributed by atoms with Crippen LogP contribution >= 0.6 is 0 Å². The standard InChI is InChI=1S/C13H19NO/c1-2-14-9-3-4-12(14)10-11-5-7-13(15)8-6-11/h5-8,12,15H,2-4,9-10H2,1H3. The van der Waals surface area contributed by atoms with E-state index in [-0.39, 0.29) is 0 Å². The Morgan fingerprint density at radius 2 is 2.07 bits per heavy atom. The summed E-state index contributed by atoms with van der Waals surface area (Å²) in [5.41, 5.74) is 1.33. The van der Waals surface area contributed by atoms with Gasteiger partial charge in [-0.1, -0.05) is 19.1 Å². The van der Waals surface area contributed by atoms with Crippen molar-refractivity contribution in [1.82, 2.24) is 4.90 Å². The minimum Gasteiger partial charge on any atom is -0.508 e. The maximum atomic E-state index is 9.21. The lowest BCUT2D eigenvalue weighted by Crippen LogP contribution is -2.30. The molecule has 0 aliphatic carbocycles. The number of phenols is 1. The molecular formula is C13H19NO. The molecule has 1 aliphatic rings. The number of aromatic hydroxyl groups is 1. The molecule has 0 spiro atoms. The van der Waals surface area contributed by atoms with Crippen molar-refractivity contribution in [2.75, 3.05) is 13.1 Å². The van der Waals surface area contributed by atoms with Crippen molar-refractivity contribution in [3.63, 3.8) is 0 Å². The zero-order valence-corrected chi connectivity index (χ0v) is 9.32. The van der Waals surface area contributed by atoms with E-state index in [1.165, 1.54) is 24.9 Å². The van der Waals surface area contributed by atoms with Crippen molar-refractivity contribution >= 4 is 0 Å². The molecule has 1 aliphatic heterocycles. The third-order valence-electron chi connectivity index (χ3n) is 3.31. The van der Waals surface area contributed by atoms with Crippen LogP contribution < -0.4 is 0 Å². The van der Waals surface area contributed by atoms with E-state index in [0.717, 1.165) is 13.0 Å². The van der Waals surface area contributed by atoms with E-state index in [4.69, 9.17) is 0 Å². The lowest BCUT2D eigenvalue weighted by molar-refractivity contribution is 0.266. The Labute approximate surface area is 91.5 Å². The Hall–Kier alpha value is -1.02. The molecule has 2 nitrogen and oxygen atoms in total. The van der Waals surface area contributed by atoms with Crippen molar-refractivity contribution in [1.29, 1.82) is 0 Å². The summed E-state index contributed by atoms with van der Waals surface area (Å²) in [4.78, 5) is 2.55. The Bertz CT molecular complexity index is 307. The zero-order chi connectivity index (χ0) is 10.7. The molecular weight excluding hydrogens is 186 g/mol. The minimum absolute atomic E-state index is 0.359. The van der Waals surface area contributed by atoms with Gasteiger partial charge in [-0.2, -0.15) is 0 Å². The van der Waals surface area contributed by atoms with Gasteiger partial charge in [0, 0.05) is 6.04 Å². The van der Waals surface area contributed by atoms with Crippen molar-refractivity contribution < 1.29 is 5.11 Å². The molecule has 0 aromatic heterocycles. The Morgan fingerprint density at radius 3 is 2.73 bits per heavy atom. The van der Waals surface area contributed by atoms with Crippen LogP contribution in [0.25, 0.3) is 0 Å². The minimum atomic E-state index is 0.359. The Kier molecular flexibility index (Phi) is 3.27. The molecule has 82 valence electrons. The number of hydrogen-bond acceptors (Lipinski definition) is 2. The summed E-state index contributed by atoms with van der Waals surface area (Å²) in [7, 11) is 0. The fourth-order valence-electron chi connectivity index (χ4n) is 2.45. The second-order valence-electron chi connectivity index (χ2n) is 4.30. The van der Waals surface area contributed by atoms with Crippen LogP contribution in [0.15, 0.2) is 24.3 Å². The number of rotatable bonds is 3. The molecule has 1 aromatic rings. The topological polar surface area (TPSA) is 23.5 Å². The maximum absolute atomic E-state index is 9.21. The fourth-order valence-corrected chi connectivity index (χ4v) is 2.45. The smallest absolute Gasteiger partial charge is 0.115 e. The predicted octanol–water partition coefficient (Wildman–Crippen LogP) is 2.42. The van der Waals surface area contributed by atoms with Crippen molar-refractivity contribution in [3.8, 4) is 5.75 Å². The summed E-state index contributed by atoms with van der Waals surface area (Å²) in [5, 5.41) is 9.21. The second kappa shape index (κ2) is 4.67. The number of nitrogens with zero attached hydrogens (tertiary/aromatic N) is 1. The van der Waals surface area contributed by atoms with Gasteiger partial charge < -0.3 is 10.0 Å². The predicted molar refractivity (Wildman–Crippen MR) is 62.1 cm³/mol. The van der Waals surface area contributed by atoms with E-state index in [1.54, 1.807) is 12.1 Å². The van der Waals surface area contributed by atoms with Gasteiger partial charge in [0.2, 0.25) is 0 Å². The number of phenolic OH excluding ortho intramolecular Hbond substituents is 1. The Balaban J connectivity index is 1.99. The molecule has 1 saturated heterocycles. The molecule has 0 radical (unpaired) electrons. The van der Waals surface area contributed by atoms with E-state index in [2.05, 4.69) is 11.8 Å². The number of likely N-dealkylation sites (N-methyl/N-ethyl adjacent to an activating group) is 1. The van der Waals surface area contributed by atoms with Crippen LogP contribution in [0.1, 0.15) is 25.3 Å². The van der Waals surface area contributed by atoms with Crippen LogP contribution in [0.4, 0.5) is 0 Å². The molecule has 1 N–H and O–H groups in total. The van der Waals surface area contributed by atoms with E-state index < -0.39 is 0 Å². The number of likely N-dealkylation sites (tertiary alicyclic amines) is 1. The highest BCUT2D eigenvalue weighted by Crippen LogP contribution is 2.21. The largest absolute Gasteiger partial charge is 0.508 e. The van der Waals surface area contributed by atoms with Crippen LogP contribution in [0.2, 0.25) is 0 Å². The van der Waals surface area contributed by atoms with Crippen LogP contribution in [-0.2, 0) is 6.42 Å². The van der Waals surface area contributed by atoms with Gasteiger partial charge in [-0.3, -0.25) is 0 Å². The summed E-state index contributed by atoms with van der Waals surface area (Å²) in [6, 6.07) is 8.32. The van der Waals surface area contributed by atoms with Gasteiger partial charge in [0.25, 0.3) is 0 Å². The molecule has 15 heavy (non-hydrogen) atoms. The summed E-state index contributed by atoms with van der Waals surface area (Å²) in [6.45, 7) is 4.64. The molecule has 2 rings (SSSR count). The normalized spacial score (nSPS) is 22.1. The first kappa shape index (κ1) is 10.5. The van der Waals surface area contributed by atoms with Crippen LogP contribution in [0.3, 0.4) is 0 Å². The van der Waals surface area contributed by atoms with Crippen molar-refractivity contribution in [3.05, 3.63) is 29.8 Å². The van der Waals surface area contributed by atoms with Gasteiger partial charge in [-0.05, 0) is 50.0 Å². The molecule has 1 fully saturated rings. The second-order valence-corrected chi connectivity index (χ2v) is 4.30. The maximum Gasteiger partial charge on any atom is 0.115 e. The van der Waals surface area contributed by atoms with Gasteiger partial charge in [-0.25, -0.2) is 0 Å². The van der Waals surface area contributed by atoms with E-state index in [1.807, 2.05) is 12.1 Å². The summed E-state index contributed by atoms with van der Waals surface area (Å²) in [6.07, 6.45) is 3.76. The first-order valence-corrected chi connectivity index (χ1v) is 5.81. The molecule has 1 heterocycles. The molecule has 0 bridgehead atoms. The first-order chi connectivity index (χ1) is 7.29. The highest BCUT2D eigenvalue weighted by molar-refractivity contribution is 5.26. The third-order valence-corrected chi connectivity index (χ3v) is 3.31. The number of hydrogen-bond donors (Lipinski definition) is 1. The molecule has 2 heteroatoms. The lowest BCUT2D eigenvalue weighted by atomic mass is 10.0. The van der Waals surface area contributed by atoms with Gasteiger partial charge in [-0.15, -0.1) is 0 Å².